The van der Waals surface area contributed by atoms with Crippen LogP contribution in [0.15, 0.2) is 35.1 Å². The number of fused-ring (bicyclic) bond motifs is 1. The van der Waals surface area contributed by atoms with Crippen molar-refractivity contribution in [1.29, 1.82) is 0 Å². The lowest BCUT2D eigenvalue weighted by Crippen LogP contribution is -2.49. The molecule has 0 unspecified atom stereocenters. The van der Waals surface area contributed by atoms with E-state index in [1.807, 2.05) is 12.1 Å². The molecular formula is C16H17N5O2. The Morgan fingerprint density at radius 1 is 1.22 bits per heavy atom. The van der Waals surface area contributed by atoms with Gasteiger partial charge in [-0.25, -0.2) is 9.97 Å². The number of aromatic nitrogens is 3. The van der Waals surface area contributed by atoms with Gasteiger partial charge in [-0.05, 0) is 19.1 Å². The fourth-order valence-electron chi connectivity index (χ4n) is 2.94. The maximum absolute atomic E-state index is 12.4. The average molecular weight is 311 g/mol. The van der Waals surface area contributed by atoms with Gasteiger partial charge in [0.05, 0.1) is 23.7 Å². The normalized spacial score (nSPS) is 15.3. The number of piperazine rings is 1. The molecule has 23 heavy (non-hydrogen) atoms. The van der Waals surface area contributed by atoms with E-state index in [1.54, 1.807) is 24.3 Å². The van der Waals surface area contributed by atoms with Crippen LogP contribution < -0.4 is 4.90 Å². The summed E-state index contributed by atoms with van der Waals surface area (Å²) in [5.74, 6) is 0.679. The van der Waals surface area contributed by atoms with Crippen molar-refractivity contribution in [1.82, 2.24) is 19.9 Å². The van der Waals surface area contributed by atoms with Crippen LogP contribution in [-0.2, 0) is 0 Å². The van der Waals surface area contributed by atoms with Crippen LogP contribution in [0, 0.1) is 6.92 Å². The lowest BCUT2D eigenvalue weighted by Gasteiger charge is -2.35. The molecule has 1 aliphatic heterocycles. The molecule has 1 aromatic carbocycles. The molecule has 7 heteroatoms. The second kappa shape index (κ2) is 5.42. The van der Waals surface area contributed by atoms with E-state index in [1.165, 1.54) is 0 Å². The van der Waals surface area contributed by atoms with E-state index < -0.39 is 0 Å². The molecule has 2 aromatic heterocycles. The Kier molecular flexibility index (Phi) is 3.25. The summed E-state index contributed by atoms with van der Waals surface area (Å²) in [6.45, 7) is 4.59. The number of H-pyrrole nitrogens is 1. The zero-order valence-electron chi connectivity index (χ0n) is 12.8. The summed E-state index contributed by atoms with van der Waals surface area (Å²) in [5, 5.41) is 0. The Hall–Kier alpha value is -2.83. The lowest BCUT2D eigenvalue weighted by molar-refractivity contribution is 0.0705. The largest absolute Gasteiger partial charge is 0.438 e. The van der Waals surface area contributed by atoms with E-state index in [4.69, 9.17) is 4.42 Å². The maximum atomic E-state index is 12.4. The van der Waals surface area contributed by atoms with Crippen molar-refractivity contribution in [3.8, 4) is 0 Å². The zero-order chi connectivity index (χ0) is 15.8. The molecular weight excluding hydrogens is 294 g/mol. The molecule has 1 N–H and O–H groups in total. The highest BCUT2D eigenvalue weighted by molar-refractivity contribution is 5.90. The SMILES string of the molecule is Cc1cnc(C(=O)N2CCN(c3cccc4[nH]cnc34)CC2)o1. The second-order valence-corrected chi connectivity index (χ2v) is 5.63. The van der Waals surface area contributed by atoms with Gasteiger partial charge in [0, 0.05) is 26.2 Å². The number of imidazole rings is 1. The summed E-state index contributed by atoms with van der Waals surface area (Å²) < 4.78 is 5.33. The summed E-state index contributed by atoms with van der Waals surface area (Å²) in [5.41, 5.74) is 3.09. The predicted octanol–water partition coefficient (Wildman–Crippen LogP) is 1.82. The number of oxazole rings is 1. The van der Waals surface area contributed by atoms with Crippen molar-refractivity contribution < 1.29 is 9.21 Å². The first-order valence-electron chi connectivity index (χ1n) is 7.61. The van der Waals surface area contributed by atoms with Crippen molar-refractivity contribution in [3.63, 3.8) is 0 Å². The predicted molar refractivity (Wildman–Crippen MR) is 85.5 cm³/mol. The van der Waals surface area contributed by atoms with Gasteiger partial charge >= 0.3 is 5.91 Å². The molecule has 7 nitrogen and oxygen atoms in total. The molecule has 1 fully saturated rings. The van der Waals surface area contributed by atoms with Gasteiger partial charge in [0.2, 0.25) is 0 Å². The number of para-hydroxylation sites is 1. The Labute approximate surface area is 132 Å². The molecule has 0 atom stereocenters. The van der Waals surface area contributed by atoms with Crippen LogP contribution in [0.1, 0.15) is 16.4 Å². The average Bonchev–Trinajstić information content (AvgIpc) is 3.22. The standard InChI is InChI=1S/C16H17N5O2/c1-11-9-17-15(23-11)16(22)21-7-5-20(6-8-21)13-4-2-3-12-14(13)19-10-18-12/h2-4,9-10H,5-8H2,1H3,(H,18,19). The number of nitrogens with zero attached hydrogens (tertiary/aromatic N) is 4. The van der Waals surface area contributed by atoms with Gasteiger partial charge in [-0.3, -0.25) is 4.79 Å². The van der Waals surface area contributed by atoms with Crippen LogP contribution >= 0.6 is 0 Å². The number of anilines is 1. The lowest BCUT2D eigenvalue weighted by atomic mass is 10.2. The summed E-state index contributed by atoms with van der Waals surface area (Å²) >= 11 is 0. The van der Waals surface area contributed by atoms with Crippen LogP contribution in [0.5, 0.6) is 0 Å². The summed E-state index contributed by atoms with van der Waals surface area (Å²) in [6, 6.07) is 6.09. The zero-order valence-corrected chi connectivity index (χ0v) is 12.8. The number of rotatable bonds is 2. The third kappa shape index (κ3) is 2.44. The number of hydrogen-bond acceptors (Lipinski definition) is 5. The van der Waals surface area contributed by atoms with Gasteiger partial charge < -0.3 is 19.2 Å². The highest BCUT2D eigenvalue weighted by Crippen LogP contribution is 2.25. The topological polar surface area (TPSA) is 78.3 Å². The van der Waals surface area contributed by atoms with E-state index >= 15 is 0 Å². The number of benzene rings is 1. The van der Waals surface area contributed by atoms with Crippen molar-refractivity contribution in [2.45, 2.75) is 6.92 Å². The Morgan fingerprint density at radius 3 is 2.78 bits per heavy atom. The third-order valence-corrected chi connectivity index (χ3v) is 4.14. The number of amides is 1. The molecule has 4 rings (SSSR count). The molecule has 118 valence electrons. The minimum atomic E-state index is -0.143. The molecule has 3 aromatic rings. The minimum absolute atomic E-state index is 0.143. The maximum Gasteiger partial charge on any atom is 0.309 e. The fraction of sp³-hybridized carbons (Fsp3) is 0.312. The molecule has 0 spiro atoms. The van der Waals surface area contributed by atoms with Crippen molar-refractivity contribution in [2.75, 3.05) is 31.1 Å². The van der Waals surface area contributed by atoms with Gasteiger partial charge in [-0.15, -0.1) is 0 Å². The minimum Gasteiger partial charge on any atom is -0.438 e. The van der Waals surface area contributed by atoms with Gasteiger partial charge in [-0.1, -0.05) is 6.07 Å². The second-order valence-electron chi connectivity index (χ2n) is 5.63. The molecule has 0 saturated carbocycles. The highest BCUT2D eigenvalue weighted by Gasteiger charge is 2.26. The quantitative estimate of drug-likeness (QED) is 0.781. The third-order valence-electron chi connectivity index (χ3n) is 4.14. The summed E-state index contributed by atoms with van der Waals surface area (Å²) in [6.07, 6.45) is 3.28. The first-order valence-corrected chi connectivity index (χ1v) is 7.61. The first kappa shape index (κ1) is 13.8. The Bertz CT molecular complexity index is 845. The first-order chi connectivity index (χ1) is 11.2. The molecule has 0 aliphatic carbocycles. The van der Waals surface area contributed by atoms with Crippen LogP contribution in [0.4, 0.5) is 5.69 Å². The highest BCUT2D eigenvalue weighted by atomic mass is 16.4. The van der Waals surface area contributed by atoms with Crippen molar-refractivity contribution in [2.24, 2.45) is 0 Å². The number of aromatic amines is 1. The van der Waals surface area contributed by atoms with Gasteiger partial charge in [-0.2, -0.15) is 0 Å². The monoisotopic (exact) mass is 311 g/mol. The Morgan fingerprint density at radius 2 is 2.04 bits per heavy atom. The van der Waals surface area contributed by atoms with E-state index in [2.05, 4.69) is 25.9 Å². The molecule has 3 heterocycles. The van der Waals surface area contributed by atoms with Gasteiger partial charge in [0.25, 0.3) is 5.89 Å². The number of aryl methyl sites for hydroxylation is 1. The van der Waals surface area contributed by atoms with Crippen LogP contribution in [0.3, 0.4) is 0 Å². The number of carbonyl (C=O) groups is 1. The van der Waals surface area contributed by atoms with E-state index in [9.17, 15) is 4.79 Å². The molecule has 1 amide bonds. The summed E-state index contributed by atoms with van der Waals surface area (Å²) in [7, 11) is 0. The van der Waals surface area contributed by atoms with Crippen LogP contribution in [-0.4, -0.2) is 51.9 Å². The van der Waals surface area contributed by atoms with E-state index in [-0.39, 0.29) is 11.8 Å². The van der Waals surface area contributed by atoms with E-state index in [0.29, 0.717) is 18.8 Å². The van der Waals surface area contributed by atoms with Gasteiger partial charge in [0.15, 0.2) is 0 Å². The Balaban J connectivity index is 1.49. The van der Waals surface area contributed by atoms with Gasteiger partial charge in [0.1, 0.15) is 11.3 Å². The van der Waals surface area contributed by atoms with Crippen LogP contribution in [0.2, 0.25) is 0 Å². The van der Waals surface area contributed by atoms with Crippen molar-refractivity contribution >= 4 is 22.6 Å². The smallest absolute Gasteiger partial charge is 0.309 e. The number of hydrogen-bond donors (Lipinski definition) is 1. The van der Waals surface area contributed by atoms with E-state index in [0.717, 1.165) is 29.8 Å². The molecule has 0 bridgehead atoms. The van der Waals surface area contributed by atoms with Crippen molar-refractivity contribution in [3.05, 3.63) is 42.4 Å². The summed E-state index contributed by atoms with van der Waals surface area (Å²) in [4.78, 5) is 27.9. The molecule has 0 radical (unpaired) electrons. The number of nitrogens with one attached hydrogen (secondary N) is 1. The molecule has 1 saturated heterocycles. The fourth-order valence-corrected chi connectivity index (χ4v) is 2.94. The van der Waals surface area contributed by atoms with Crippen LogP contribution in [0.25, 0.3) is 11.0 Å². The molecule has 1 aliphatic rings. The number of carbonyl (C=O) groups excluding carboxylic acids is 1.